The smallest absolute Gasteiger partial charge is 0.138 e. The molecule has 0 atom stereocenters. The van der Waals surface area contributed by atoms with Crippen LogP contribution in [-0.2, 0) is 0 Å². The number of phenolic OH excluding ortho intramolecular Hbond substituents is 2. The summed E-state index contributed by atoms with van der Waals surface area (Å²) in [5.41, 5.74) is 4.99. The lowest BCUT2D eigenvalue weighted by atomic mass is 10.1. The summed E-state index contributed by atoms with van der Waals surface area (Å²) in [7, 11) is 0. The SMILES string of the molecule is Oc1ccc2[nH]c(-c3cccc(-c4nc5cc(O)ccc5[nH]4)c3)nc2c1. The van der Waals surface area contributed by atoms with E-state index in [2.05, 4.69) is 19.9 Å². The molecule has 0 fully saturated rings. The van der Waals surface area contributed by atoms with Crippen molar-refractivity contribution in [2.45, 2.75) is 0 Å². The largest absolute Gasteiger partial charge is 0.508 e. The van der Waals surface area contributed by atoms with Gasteiger partial charge in [0.1, 0.15) is 23.1 Å². The Morgan fingerprint density at radius 1 is 0.615 bits per heavy atom. The van der Waals surface area contributed by atoms with Crippen molar-refractivity contribution in [3.8, 4) is 34.3 Å². The van der Waals surface area contributed by atoms with E-state index in [-0.39, 0.29) is 11.5 Å². The van der Waals surface area contributed by atoms with Crippen molar-refractivity contribution in [3.63, 3.8) is 0 Å². The molecule has 0 saturated heterocycles. The molecule has 2 heterocycles. The summed E-state index contributed by atoms with van der Waals surface area (Å²) in [6.45, 7) is 0. The van der Waals surface area contributed by atoms with Gasteiger partial charge in [0.2, 0.25) is 0 Å². The van der Waals surface area contributed by atoms with Crippen molar-refractivity contribution < 1.29 is 10.2 Å². The van der Waals surface area contributed by atoms with Crippen LogP contribution in [0.3, 0.4) is 0 Å². The summed E-state index contributed by atoms with van der Waals surface area (Å²) in [5.74, 6) is 1.83. The quantitative estimate of drug-likeness (QED) is 0.387. The minimum Gasteiger partial charge on any atom is -0.508 e. The molecule has 3 aromatic carbocycles. The third kappa shape index (κ3) is 2.36. The van der Waals surface area contributed by atoms with Gasteiger partial charge in [0.15, 0.2) is 0 Å². The van der Waals surface area contributed by atoms with E-state index in [1.54, 1.807) is 36.4 Å². The molecule has 0 radical (unpaired) electrons. The maximum atomic E-state index is 9.61. The second-order valence-electron chi connectivity index (χ2n) is 6.15. The first-order valence-corrected chi connectivity index (χ1v) is 8.14. The van der Waals surface area contributed by atoms with Crippen molar-refractivity contribution >= 4 is 22.1 Å². The molecule has 0 saturated carbocycles. The van der Waals surface area contributed by atoms with E-state index in [1.165, 1.54) is 0 Å². The van der Waals surface area contributed by atoms with Crippen LogP contribution >= 0.6 is 0 Å². The predicted octanol–water partition coefficient (Wildman–Crippen LogP) is 4.18. The number of hydrogen-bond acceptors (Lipinski definition) is 4. The Kier molecular flexibility index (Phi) is 2.99. The summed E-state index contributed by atoms with van der Waals surface area (Å²) >= 11 is 0. The molecule has 0 aliphatic carbocycles. The summed E-state index contributed by atoms with van der Waals surface area (Å²) < 4.78 is 0. The summed E-state index contributed by atoms with van der Waals surface area (Å²) in [6.07, 6.45) is 0. The Morgan fingerprint density at radius 3 is 1.62 bits per heavy atom. The maximum Gasteiger partial charge on any atom is 0.138 e. The van der Waals surface area contributed by atoms with Crippen LogP contribution in [0.1, 0.15) is 0 Å². The van der Waals surface area contributed by atoms with Crippen LogP contribution in [0.2, 0.25) is 0 Å². The van der Waals surface area contributed by atoms with Gasteiger partial charge in [-0.1, -0.05) is 18.2 Å². The zero-order valence-corrected chi connectivity index (χ0v) is 13.6. The van der Waals surface area contributed by atoms with Crippen LogP contribution < -0.4 is 0 Å². The molecule has 0 bridgehead atoms. The van der Waals surface area contributed by atoms with Gasteiger partial charge >= 0.3 is 0 Å². The third-order valence-corrected chi connectivity index (χ3v) is 4.34. The number of fused-ring (bicyclic) bond motifs is 2. The molecule has 0 amide bonds. The van der Waals surface area contributed by atoms with E-state index in [0.717, 1.165) is 33.8 Å². The number of nitrogens with zero attached hydrogens (tertiary/aromatic N) is 2. The van der Waals surface area contributed by atoms with Crippen molar-refractivity contribution in [1.29, 1.82) is 0 Å². The fourth-order valence-electron chi connectivity index (χ4n) is 3.08. The molecule has 5 rings (SSSR count). The maximum absolute atomic E-state index is 9.61. The normalized spacial score (nSPS) is 11.4. The second kappa shape index (κ2) is 5.35. The van der Waals surface area contributed by atoms with Gasteiger partial charge in [-0.3, -0.25) is 0 Å². The molecule has 26 heavy (non-hydrogen) atoms. The molecule has 126 valence electrons. The van der Waals surface area contributed by atoms with Crippen molar-refractivity contribution in [3.05, 3.63) is 60.7 Å². The first kappa shape index (κ1) is 14.5. The zero-order valence-electron chi connectivity index (χ0n) is 13.6. The van der Waals surface area contributed by atoms with Gasteiger partial charge in [0, 0.05) is 23.3 Å². The number of imidazole rings is 2. The average molecular weight is 342 g/mol. The number of rotatable bonds is 2. The fourth-order valence-corrected chi connectivity index (χ4v) is 3.08. The second-order valence-corrected chi connectivity index (χ2v) is 6.15. The Bertz CT molecular complexity index is 1170. The number of hydrogen-bond donors (Lipinski definition) is 4. The minimum absolute atomic E-state index is 0.190. The molecule has 6 heteroatoms. The highest BCUT2D eigenvalue weighted by atomic mass is 16.3. The molecule has 4 N–H and O–H groups in total. The van der Waals surface area contributed by atoms with Crippen LogP contribution in [0.15, 0.2) is 60.7 Å². The van der Waals surface area contributed by atoms with Gasteiger partial charge in [-0.15, -0.1) is 0 Å². The van der Waals surface area contributed by atoms with Gasteiger partial charge in [-0.05, 0) is 30.3 Å². The topological polar surface area (TPSA) is 97.8 Å². The summed E-state index contributed by atoms with van der Waals surface area (Å²) in [4.78, 5) is 15.6. The predicted molar refractivity (Wildman–Crippen MR) is 99.9 cm³/mol. The molecule has 5 aromatic rings. The van der Waals surface area contributed by atoms with Crippen LogP contribution in [-0.4, -0.2) is 30.1 Å². The van der Waals surface area contributed by atoms with Crippen LogP contribution in [0.4, 0.5) is 0 Å². The van der Waals surface area contributed by atoms with Gasteiger partial charge in [-0.25, -0.2) is 9.97 Å². The average Bonchev–Trinajstić information content (AvgIpc) is 3.25. The van der Waals surface area contributed by atoms with Crippen molar-refractivity contribution in [2.75, 3.05) is 0 Å². The van der Waals surface area contributed by atoms with E-state index >= 15 is 0 Å². The van der Waals surface area contributed by atoms with E-state index in [0.29, 0.717) is 11.0 Å². The monoisotopic (exact) mass is 342 g/mol. The number of benzene rings is 3. The number of aromatic amines is 2. The Hall–Kier alpha value is -3.80. The molecule has 0 spiro atoms. The van der Waals surface area contributed by atoms with Crippen molar-refractivity contribution in [1.82, 2.24) is 19.9 Å². The molecule has 6 nitrogen and oxygen atoms in total. The lowest BCUT2D eigenvalue weighted by molar-refractivity contribution is 0.475. The minimum atomic E-state index is 0.190. The number of phenols is 2. The van der Waals surface area contributed by atoms with Crippen LogP contribution in [0.25, 0.3) is 44.8 Å². The zero-order chi connectivity index (χ0) is 17.7. The van der Waals surface area contributed by atoms with Crippen LogP contribution in [0, 0.1) is 0 Å². The highest BCUT2D eigenvalue weighted by Gasteiger charge is 2.10. The molecule has 0 unspecified atom stereocenters. The van der Waals surface area contributed by atoms with Gasteiger partial charge < -0.3 is 20.2 Å². The lowest BCUT2D eigenvalue weighted by Gasteiger charge is -2.00. The first-order valence-electron chi connectivity index (χ1n) is 8.14. The van der Waals surface area contributed by atoms with E-state index in [4.69, 9.17) is 0 Å². The summed E-state index contributed by atoms with van der Waals surface area (Å²) in [5, 5.41) is 19.2. The Balaban J connectivity index is 1.60. The highest BCUT2D eigenvalue weighted by Crippen LogP contribution is 2.28. The van der Waals surface area contributed by atoms with E-state index < -0.39 is 0 Å². The van der Waals surface area contributed by atoms with E-state index in [9.17, 15) is 10.2 Å². The number of aromatic nitrogens is 4. The van der Waals surface area contributed by atoms with Crippen molar-refractivity contribution in [2.24, 2.45) is 0 Å². The third-order valence-electron chi connectivity index (χ3n) is 4.34. The number of H-pyrrole nitrogens is 2. The van der Waals surface area contributed by atoms with Gasteiger partial charge in [-0.2, -0.15) is 0 Å². The summed E-state index contributed by atoms with van der Waals surface area (Å²) in [6, 6.07) is 18.0. The lowest BCUT2D eigenvalue weighted by Crippen LogP contribution is -1.84. The standard InChI is InChI=1S/C20H14N4O2/c25-13-4-6-15-17(9-13)23-19(21-15)11-2-1-3-12(8-11)20-22-16-7-5-14(26)10-18(16)24-20/h1-10,25-26H,(H,21,23)(H,22,24). The molecule has 0 aliphatic heterocycles. The Morgan fingerprint density at radius 2 is 1.12 bits per heavy atom. The van der Waals surface area contributed by atoms with Crippen LogP contribution in [0.5, 0.6) is 11.5 Å². The highest BCUT2D eigenvalue weighted by molar-refractivity contribution is 5.83. The Labute approximate surface area is 147 Å². The first-order chi connectivity index (χ1) is 12.7. The molecule has 2 aromatic heterocycles. The fraction of sp³-hybridized carbons (Fsp3) is 0. The molecule has 0 aliphatic rings. The number of aromatic hydroxyl groups is 2. The van der Waals surface area contributed by atoms with Gasteiger partial charge in [0.25, 0.3) is 0 Å². The van der Waals surface area contributed by atoms with E-state index in [1.807, 2.05) is 24.3 Å². The molecular weight excluding hydrogens is 328 g/mol. The van der Waals surface area contributed by atoms with Gasteiger partial charge in [0.05, 0.1) is 22.1 Å². The number of nitrogens with one attached hydrogen (secondary N) is 2. The molecular formula is C20H14N4O2.